The van der Waals surface area contributed by atoms with Gasteiger partial charge < -0.3 is 5.11 Å². The van der Waals surface area contributed by atoms with Crippen molar-refractivity contribution >= 4 is 12.2 Å². The van der Waals surface area contributed by atoms with Crippen LogP contribution in [-0.4, -0.2) is 32.7 Å². The summed E-state index contributed by atoms with van der Waals surface area (Å²) < 4.78 is 0. The summed E-state index contributed by atoms with van der Waals surface area (Å²) in [5.74, 6) is -1.07. The van der Waals surface area contributed by atoms with Crippen molar-refractivity contribution < 1.29 is 9.90 Å². The van der Waals surface area contributed by atoms with Crippen LogP contribution in [0.25, 0.3) is 0 Å². The molecule has 78 valence electrons. The first kappa shape index (κ1) is 10.6. The van der Waals surface area contributed by atoms with E-state index in [1.54, 1.807) is 12.4 Å². The second kappa shape index (κ2) is 6.08. The maximum atomic E-state index is 9.94. The molecule has 7 heteroatoms. The van der Waals surface area contributed by atoms with Gasteiger partial charge in [-0.15, -0.1) is 5.10 Å². The van der Waals surface area contributed by atoms with Crippen molar-refractivity contribution in [2.45, 2.75) is 0 Å². The number of H-pyrrole nitrogens is 1. The van der Waals surface area contributed by atoms with Crippen molar-refractivity contribution in [1.82, 2.24) is 20.8 Å². The molecule has 7 nitrogen and oxygen atoms in total. The number of carboxylic acids is 1. The molecule has 15 heavy (non-hydrogen) atoms. The van der Waals surface area contributed by atoms with Gasteiger partial charge in [0.2, 0.25) is 0 Å². The molecular formula is C8H9N5O2. The van der Waals surface area contributed by atoms with E-state index in [0.29, 0.717) is 0 Å². The number of allylic oxidation sites excluding steroid dienone is 3. The zero-order chi connectivity index (χ0) is 10.9. The maximum absolute atomic E-state index is 9.94. The molecule has 0 amide bonds. The van der Waals surface area contributed by atoms with Crippen LogP contribution in [0.5, 0.6) is 0 Å². The van der Waals surface area contributed by atoms with E-state index in [1.165, 1.54) is 0 Å². The number of carboxylic acid groups (broad SMARTS) is 1. The average molecular weight is 207 g/mol. The topological polar surface area (TPSA) is 103 Å². The fraction of sp³-hybridized carbons (Fsp3) is 0. The number of aromatic nitrogens is 3. The molecule has 1 aliphatic heterocycles. The fourth-order valence-electron chi connectivity index (χ4n) is 0.646. The highest BCUT2D eigenvalue weighted by Gasteiger charge is 2.02. The first-order valence-electron chi connectivity index (χ1n) is 4.00. The third-order valence-corrected chi connectivity index (χ3v) is 1.26. The predicted octanol–water partition coefficient (Wildman–Crippen LogP) is 0.148. The van der Waals surface area contributed by atoms with Gasteiger partial charge in [0.15, 0.2) is 5.69 Å². The van der Waals surface area contributed by atoms with Crippen molar-refractivity contribution in [3.05, 3.63) is 36.3 Å². The first-order chi connectivity index (χ1) is 7.30. The third-order valence-electron chi connectivity index (χ3n) is 1.26. The third kappa shape index (κ3) is 4.36. The quantitative estimate of drug-likeness (QED) is 0.608. The fourth-order valence-corrected chi connectivity index (χ4v) is 0.646. The summed E-state index contributed by atoms with van der Waals surface area (Å²) in [5.41, 5.74) is 2.61. The molecule has 2 rings (SSSR count). The molecule has 0 spiro atoms. The maximum Gasteiger partial charge on any atom is 0.358 e. The molecule has 0 atom stereocenters. The zero-order valence-electron chi connectivity index (χ0n) is 7.66. The average Bonchev–Trinajstić information content (AvgIpc) is 2.60. The Morgan fingerprint density at radius 1 is 1.33 bits per heavy atom. The highest BCUT2D eigenvalue weighted by atomic mass is 16.4. The molecular weight excluding hydrogens is 198 g/mol. The lowest BCUT2D eigenvalue weighted by atomic mass is 10.5. The van der Waals surface area contributed by atoms with Crippen molar-refractivity contribution in [3.63, 3.8) is 0 Å². The van der Waals surface area contributed by atoms with Gasteiger partial charge in [-0.2, -0.15) is 15.4 Å². The van der Waals surface area contributed by atoms with Crippen LogP contribution < -0.4 is 5.43 Å². The molecule has 2 heterocycles. The predicted molar refractivity (Wildman–Crippen MR) is 53.2 cm³/mol. The summed E-state index contributed by atoms with van der Waals surface area (Å²) in [7, 11) is 0. The Hall–Kier alpha value is -2.44. The van der Waals surface area contributed by atoms with Gasteiger partial charge in [-0.05, 0) is 12.2 Å². The lowest BCUT2D eigenvalue weighted by Gasteiger charge is -1.78. The van der Waals surface area contributed by atoms with Crippen LogP contribution in [0, 0.1) is 0 Å². The molecule has 3 N–H and O–H groups in total. The van der Waals surface area contributed by atoms with E-state index in [2.05, 4.69) is 25.9 Å². The van der Waals surface area contributed by atoms with Gasteiger partial charge >= 0.3 is 5.97 Å². The Labute approximate surface area is 85.2 Å². The minimum Gasteiger partial charge on any atom is -0.476 e. The van der Waals surface area contributed by atoms with E-state index < -0.39 is 5.97 Å². The van der Waals surface area contributed by atoms with E-state index >= 15 is 0 Å². The SMILES string of the molecule is C1=CC=NNC=C1.O=C(O)c1cn[nH]n1. The number of hydrogen-bond acceptors (Lipinski definition) is 5. The lowest BCUT2D eigenvalue weighted by Crippen LogP contribution is -1.95. The number of nitrogens with one attached hydrogen (secondary N) is 2. The summed E-state index contributed by atoms with van der Waals surface area (Å²) in [6.45, 7) is 0. The number of rotatable bonds is 1. The van der Waals surface area contributed by atoms with Crippen LogP contribution in [0.1, 0.15) is 10.5 Å². The van der Waals surface area contributed by atoms with Gasteiger partial charge in [-0.3, -0.25) is 5.43 Å². The second-order valence-corrected chi connectivity index (χ2v) is 2.31. The van der Waals surface area contributed by atoms with Gasteiger partial charge in [0, 0.05) is 12.4 Å². The van der Waals surface area contributed by atoms with Gasteiger partial charge in [0.1, 0.15) is 0 Å². The molecule has 0 aromatic carbocycles. The van der Waals surface area contributed by atoms with Crippen molar-refractivity contribution in [2.75, 3.05) is 0 Å². The van der Waals surface area contributed by atoms with Crippen LogP contribution in [0.4, 0.5) is 0 Å². The van der Waals surface area contributed by atoms with Gasteiger partial charge in [0.25, 0.3) is 0 Å². The van der Waals surface area contributed by atoms with Crippen molar-refractivity contribution in [3.8, 4) is 0 Å². The number of aromatic amines is 1. The monoisotopic (exact) mass is 207 g/mol. The van der Waals surface area contributed by atoms with E-state index in [-0.39, 0.29) is 5.69 Å². The van der Waals surface area contributed by atoms with Crippen LogP contribution in [0.3, 0.4) is 0 Å². The molecule has 0 saturated heterocycles. The summed E-state index contributed by atoms with van der Waals surface area (Å²) in [6, 6.07) is 0. The number of aromatic carboxylic acids is 1. The Kier molecular flexibility index (Phi) is 4.31. The molecule has 0 fully saturated rings. The molecule has 1 aliphatic rings. The molecule has 0 unspecified atom stereocenters. The normalized spacial score (nSPS) is 12.3. The van der Waals surface area contributed by atoms with E-state index in [4.69, 9.17) is 5.11 Å². The minimum atomic E-state index is -1.07. The molecule has 0 radical (unpaired) electrons. The Morgan fingerprint density at radius 2 is 2.20 bits per heavy atom. The molecule has 1 aromatic rings. The minimum absolute atomic E-state index is 0.0648. The Balaban J connectivity index is 0.000000151. The summed E-state index contributed by atoms with van der Waals surface area (Å²) in [6.07, 6.45) is 10.2. The molecule has 0 aliphatic carbocycles. The van der Waals surface area contributed by atoms with Gasteiger partial charge in [-0.25, -0.2) is 4.79 Å². The molecule has 0 bridgehead atoms. The van der Waals surface area contributed by atoms with E-state index in [0.717, 1.165) is 6.20 Å². The van der Waals surface area contributed by atoms with Crippen LogP contribution in [0.15, 0.2) is 35.7 Å². The van der Waals surface area contributed by atoms with Crippen LogP contribution in [0.2, 0.25) is 0 Å². The Bertz CT molecular complexity index is 366. The van der Waals surface area contributed by atoms with Crippen LogP contribution >= 0.6 is 0 Å². The zero-order valence-corrected chi connectivity index (χ0v) is 7.66. The highest BCUT2D eigenvalue weighted by Crippen LogP contribution is 1.84. The van der Waals surface area contributed by atoms with E-state index in [1.807, 2.05) is 18.2 Å². The van der Waals surface area contributed by atoms with Crippen molar-refractivity contribution in [2.24, 2.45) is 5.10 Å². The summed E-state index contributed by atoms with van der Waals surface area (Å²) in [4.78, 5) is 9.94. The highest BCUT2D eigenvalue weighted by molar-refractivity contribution is 5.84. The van der Waals surface area contributed by atoms with E-state index in [9.17, 15) is 4.79 Å². The molecule has 0 saturated carbocycles. The number of nitrogens with zero attached hydrogens (tertiary/aromatic N) is 3. The Morgan fingerprint density at radius 3 is 2.80 bits per heavy atom. The second-order valence-electron chi connectivity index (χ2n) is 2.31. The number of carbonyl (C=O) groups is 1. The van der Waals surface area contributed by atoms with Crippen molar-refractivity contribution in [1.29, 1.82) is 0 Å². The standard InChI is InChI=1S/C5H6N2.C3H3N3O2/c1-2-4-6-7-5-3-1;7-3(8)2-1-4-6-5-2/h1-6H;1H,(H,7,8)(H,4,5,6). The summed E-state index contributed by atoms with van der Waals surface area (Å²) in [5, 5.41) is 20.6. The largest absolute Gasteiger partial charge is 0.476 e. The number of hydrogen-bond donors (Lipinski definition) is 3. The van der Waals surface area contributed by atoms with Gasteiger partial charge in [0.05, 0.1) is 6.20 Å². The summed E-state index contributed by atoms with van der Waals surface area (Å²) >= 11 is 0. The van der Waals surface area contributed by atoms with Gasteiger partial charge in [-0.1, -0.05) is 6.08 Å². The smallest absolute Gasteiger partial charge is 0.358 e. The van der Waals surface area contributed by atoms with Crippen LogP contribution in [-0.2, 0) is 0 Å². The number of hydrazone groups is 1. The molecule has 1 aromatic heterocycles. The lowest BCUT2D eigenvalue weighted by molar-refractivity contribution is 0.0690. The first-order valence-corrected chi connectivity index (χ1v) is 4.00.